The molecule has 2 aliphatic rings. The smallest absolute Gasteiger partial charge is 0.254 e. The maximum Gasteiger partial charge on any atom is 0.254 e. The van der Waals surface area contributed by atoms with Crippen molar-refractivity contribution in [3.63, 3.8) is 0 Å². The molecule has 2 fully saturated rings. The third kappa shape index (κ3) is 3.52. The van der Waals surface area contributed by atoms with E-state index < -0.39 is 0 Å². The number of carbonyl (C=O) groups excluding carboxylic acids is 1. The number of rotatable bonds is 4. The third-order valence-electron chi connectivity index (χ3n) is 5.42. The van der Waals surface area contributed by atoms with E-state index in [1.807, 2.05) is 17.0 Å². The third-order valence-corrected chi connectivity index (χ3v) is 5.42. The fourth-order valence-electron chi connectivity index (χ4n) is 3.49. The predicted molar refractivity (Wildman–Crippen MR) is 105 cm³/mol. The van der Waals surface area contributed by atoms with Crippen LogP contribution in [0, 0.1) is 13.8 Å². The number of pyridine rings is 1. The first-order chi connectivity index (χ1) is 12.6. The minimum Gasteiger partial charge on any atom is -0.368 e. The van der Waals surface area contributed by atoms with E-state index in [9.17, 15) is 4.79 Å². The van der Waals surface area contributed by atoms with Gasteiger partial charge in [0.25, 0.3) is 5.91 Å². The molecule has 5 nitrogen and oxygen atoms in total. The summed E-state index contributed by atoms with van der Waals surface area (Å²) < 4.78 is 0. The van der Waals surface area contributed by atoms with Crippen LogP contribution < -0.4 is 10.2 Å². The number of anilines is 2. The number of carbonyl (C=O) groups is 1. The van der Waals surface area contributed by atoms with Gasteiger partial charge in [0.2, 0.25) is 0 Å². The van der Waals surface area contributed by atoms with Crippen LogP contribution in [0.5, 0.6) is 0 Å². The average Bonchev–Trinajstić information content (AvgIpc) is 3.48. The van der Waals surface area contributed by atoms with Crippen molar-refractivity contribution in [2.24, 2.45) is 0 Å². The zero-order valence-electron chi connectivity index (χ0n) is 15.5. The maximum atomic E-state index is 12.9. The van der Waals surface area contributed by atoms with Gasteiger partial charge in [-0.1, -0.05) is 12.1 Å². The second-order valence-corrected chi connectivity index (χ2v) is 7.35. The minimum absolute atomic E-state index is 0.104. The van der Waals surface area contributed by atoms with Crippen molar-refractivity contribution in [1.82, 2.24) is 9.88 Å². The zero-order chi connectivity index (χ0) is 18.1. The molecule has 4 rings (SSSR count). The lowest BCUT2D eigenvalue weighted by Crippen LogP contribution is -2.49. The van der Waals surface area contributed by atoms with Gasteiger partial charge < -0.3 is 15.1 Å². The lowest BCUT2D eigenvalue weighted by molar-refractivity contribution is 0.0746. The molecule has 26 heavy (non-hydrogen) atoms. The van der Waals surface area contributed by atoms with Crippen LogP contribution >= 0.6 is 0 Å². The van der Waals surface area contributed by atoms with Crippen molar-refractivity contribution >= 4 is 17.4 Å². The van der Waals surface area contributed by atoms with E-state index in [4.69, 9.17) is 0 Å². The topological polar surface area (TPSA) is 48.5 Å². The molecule has 0 unspecified atom stereocenters. The highest BCUT2D eigenvalue weighted by Crippen LogP contribution is 2.25. The van der Waals surface area contributed by atoms with Gasteiger partial charge in [0.15, 0.2) is 0 Å². The molecule has 0 bridgehead atoms. The van der Waals surface area contributed by atoms with Crippen molar-refractivity contribution in [3.8, 4) is 0 Å². The first kappa shape index (κ1) is 16.9. The largest absolute Gasteiger partial charge is 0.368 e. The van der Waals surface area contributed by atoms with Gasteiger partial charge in [0, 0.05) is 49.7 Å². The Balaban J connectivity index is 1.41. The number of aromatic nitrogens is 1. The van der Waals surface area contributed by atoms with E-state index in [0.29, 0.717) is 6.04 Å². The summed E-state index contributed by atoms with van der Waals surface area (Å²) in [5.41, 5.74) is 4.66. The van der Waals surface area contributed by atoms with Crippen LogP contribution in [-0.4, -0.2) is 48.0 Å². The normalized spacial score (nSPS) is 17.3. The van der Waals surface area contributed by atoms with Crippen molar-refractivity contribution in [2.75, 3.05) is 36.4 Å². The van der Waals surface area contributed by atoms with Gasteiger partial charge in [-0.25, -0.2) is 4.98 Å². The summed E-state index contributed by atoms with van der Waals surface area (Å²) in [6.07, 6.45) is 4.12. The first-order valence-corrected chi connectivity index (χ1v) is 9.45. The maximum absolute atomic E-state index is 12.9. The lowest BCUT2D eigenvalue weighted by Gasteiger charge is -2.37. The van der Waals surface area contributed by atoms with Crippen LogP contribution in [-0.2, 0) is 0 Å². The predicted octanol–water partition coefficient (Wildman–Crippen LogP) is 3.24. The number of piperazine rings is 1. The van der Waals surface area contributed by atoms with Crippen LogP contribution in [0.1, 0.15) is 34.3 Å². The monoisotopic (exact) mass is 350 g/mol. The van der Waals surface area contributed by atoms with Crippen molar-refractivity contribution in [3.05, 3.63) is 53.2 Å². The lowest BCUT2D eigenvalue weighted by atomic mass is 10.1. The Morgan fingerprint density at radius 2 is 1.88 bits per heavy atom. The molecule has 0 radical (unpaired) electrons. The molecular formula is C21H26N4O. The molecule has 1 saturated heterocycles. The van der Waals surface area contributed by atoms with E-state index in [0.717, 1.165) is 37.6 Å². The average molecular weight is 350 g/mol. The zero-order valence-corrected chi connectivity index (χ0v) is 15.5. The summed E-state index contributed by atoms with van der Waals surface area (Å²) in [5, 5.41) is 3.36. The van der Waals surface area contributed by atoms with E-state index >= 15 is 0 Å². The number of aryl methyl sites for hydroxylation is 1. The Bertz CT molecular complexity index is 807. The van der Waals surface area contributed by atoms with E-state index in [1.165, 1.54) is 29.7 Å². The van der Waals surface area contributed by atoms with Crippen LogP contribution in [0.3, 0.4) is 0 Å². The Morgan fingerprint density at radius 3 is 2.62 bits per heavy atom. The van der Waals surface area contributed by atoms with E-state index in [-0.39, 0.29) is 5.91 Å². The fourth-order valence-corrected chi connectivity index (χ4v) is 3.49. The standard InChI is InChI=1S/C21H26N4O/c1-15-4-3-5-19(16(15)2)24-10-12-25(13-11-24)21(26)17-8-9-22-20(14-17)23-18-6-7-18/h3-5,8-9,14,18H,6-7,10-13H2,1-2H3,(H,22,23). The molecule has 1 N–H and O–H groups in total. The van der Waals surface area contributed by atoms with E-state index in [1.54, 1.807) is 6.20 Å². The van der Waals surface area contributed by atoms with Crippen LogP contribution in [0.4, 0.5) is 11.5 Å². The molecule has 1 aromatic carbocycles. The van der Waals surface area contributed by atoms with Crippen LogP contribution in [0.15, 0.2) is 36.5 Å². The summed E-state index contributed by atoms with van der Waals surface area (Å²) in [6, 6.07) is 10.7. The SMILES string of the molecule is Cc1cccc(N2CCN(C(=O)c3ccnc(NC4CC4)c3)CC2)c1C. The number of nitrogens with one attached hydrogen (secondary N) is 1. The molecule has 0 spiro atoms. The summed E-state index contributed by atoms with van der Waals surface area (Å²) in [7, 11) is 0. The van der Waals surface area contributed by atoms with Gasteiger partial charge in [0.1, 0.15) is 5.82 Å². The summed E-state index contributed by atoms with van der Waals surface area (Å²) in [4.78, 5) is 21.5. The van der Waals surface area contributed by atoms with Crippen molar-refractivity contribution in [2.45, 2.75) is 32.7 Å². The van der Waals surface area contributed by atoms with Gasteiger partial charge >= 0.3 is 0 Å². The van der Waals surface area contributed by atoms with Crippen molar-refractivity contribution in [1.29, 1.82) is 0 Å². The highest BCUT2D eigenvalue weighted by atomic mass is 16.2. The molecule has 2 aromatic rings. The number of nitrogens with zero attached hydrogens (tertiary/aromatic N) is 3. The molecule has 0 atom stereocenters. The van der Waals surface area contributed by atoms with Crippen LogP contribution in [0.2, 0.25) is 0 Å². The molecule has 5 heteroatoms. The Morgan fingerprint density at radius 1 is 1.12 bits per heavy atom. The highest BCUT2D eigenvalue weighted by molar-refractivity contribution is 5.95. The Labute approximate surface area is 155 Å². The van der Waals surface area contributed by atoms with Gasteiger partial charge in [-0.15, -0.1) is 0 Å². The molecule has 2 heterocycles. The highest BCUT2D eigenvalue weighted by Gasteiger charge is 2.25. The summed E-state index contributed by atoms with van der Waals surface area (Å²) in [6.45, 7) is 7.56. The van der Waals surface area contributed by atoms with Gasteiger partial charge in [-0.05, 0) is 56.0 Å². The molecular weight excluding hydrogens is 324 g/mol. The molecule has 1 amide bonds. The summed E-state index contributed by atoms with van der Waals surface area (Å²) >= 11 is 0. The molecule has 1 aliphatic carbocycles. The number of amides is 1. The number of hydrogen-bond donors (Lipinski definition) is 1. The van der Waals surface area contributed by atoms with Gasteiger partial charge in [-0.2, -0.15) is 0 Å². The molecule has 1 saturated carbocycles. The van der Waals surface area contributed by atoms with Crippen molar-refractivity contribution < 1.29 is 4.79 Å². The molecule has 1 aliphatic heterocycles. The minimum atomic E-state index is 0.104. The Hall–Kier alpha value is -2.56. The van der Waals surface area contributed by atoms with Gasteiger partial charge in [-0.3, -0.25) is 4.79 Å². The first-order valence-electron chi connectivity index (χ1n) is 9.45. The fraction of sp³-hybridized carbons (Fsp3) is 0.429. The number of benzene rings is 1. The molecule has 136 valence electrons. The quantitative estimate of drug-likeness (QED) is 0.920. The summed E-state index contributed by atoms with van der Waals surface area (Å²) in [5.74, 6) is 0.916. The van der Waals surface area contributed by atoms with E-state index in [2.05, 4.69) is 47.2 Å². The van der Waals surface area contributed by atoms with Gasteiger partial charge in [0.05, 0.1) is 0 Å². The Kier molecular flexibility index (Phi) is 4.53. The number of hydrogen-bond acceptors (Lipinski definition) is 4. The molecule has 1 aromatic heterocycles. The second-order valence-electron chi connectivity index (χ2n) is 7.35. The van der Waals surface area contributed by atoms with Crippen LogP contribution in [0.25, 0.3) is 0 Å². The second kappa shape index (κ2) is 6.98.